The van der Waals surface area contributed by atoms with E-state index in [9.17, 15) is 9.18 Å². The Morgan fingerprint density at radius 1 is 1.52 bits per heavy atom. The third-order valence-electron chi connectivity index (χ3n) is 2.88. The van der Waals surface area contributed by atoms with Crippen molar-refractivity contribution in [2.24, 2.45) is 0 Å². The minimum atomic E-state index is -0.556. The first-order valence-corrected chi connectivity index (χ1v) is 8.20. The molecule has 0 saturated heterocycles. The summed E-state index contributed by atoms with van der Waals surface area (Å²) in [6.45, 7) is 1.96. The molecule has 114 valence electrons. The lowest BCUT2D eigenvalue weighted by atomic mass is 10.1. The molecule has 1 aromatic rings. The first kappa shape index (κ1) is 17.5. The number of carbonyl (C=O) groups excluding carboxylic acids is 1. The predicted molar refractivity (Wildman–Crippen MR) is 84.9 cm³/mol. The SMILES string of the molecule is CCC(CSC)NC(=O)c1cc(C#CCCO)ccc1F. The maximum absolute atomic E-state index is 13.8. The zero-order valence-electron chi connectivity index (χ0n) is 12.3. The van der Waals surface area contributed by atoms with Crippen LogP contribution in [0.15, 0.2) is 18.2 Å². The zero-order valence-corrected chi connectivity index (χ0v) is 13.1. The van der Waals surface area contributed by atoms with E-state index in [-0.39, 0.29) is 18.2 Å². The van der Waals surface area contributed by atoms with Crippen molar-refractivity contribution < 1.29 is 14.3 Å². The van der Waals surface area contributed by atoms with Gasteiger partial charge in [0.2, 0.25) is 0 Å². The number of amides is 1. The Bertz CT molecular complexity index is 537. The molecular weight excluding hydrogens is 289 g/mol. The summed E-state index contributed by atoms with van der Waals surface area (Å²) in [6.07, 6.45) is 3.11. The fourth-order valence-electron chi connectivity index (χ4n) is 1.72. The van der Waals surface area contributed by atoms with Gasteiger partial charge in [0.05, 0.1) is 12.2 Å². The Balaban J connectivity index is 2.88. The molecule has 0 aliphatic heterocycles. The monoisotopic (exact) mass is 309 g/mol. The number of benzene rings is 1. The van der Waals surface area contributed by atoms with Gasteiger partial charge >= 0.3 is 0 Å². The largest absolute Gasteiger partial charge is 0.395 e. The number of thioether (sulfide) groups is 1. The van der Waals surface area contributed by atoms with Crippen LogP contribution >= 0.6 is 11.8 Å². The van der Waals surface area contributed by atoms with Gasteiger partial charge in [0.25, 0.3) is 5.91 Å². The highest BCUT2D eigenvalue weighted by molar-refractivity contribution is 7.98. The molecule has 1 rings (SSSR count). The van der Waals surface area contributed by atoms with Crippen molar-refractivity contribution >= 4 is 17.7 Å². The fraction of sp³-hybridized carbons (Fsp3) is 0.438. The molecule has 21 heavy (non-hydrogen) atoms. The maximum atomic E-state index is 13.8. The minimum Gasteiger partial charge on any atom is -0.395 e. The molecule has 0 radical (unpaired) electrons. The van der Waals surface area contributed by atoms with E-state index in [1.807, 2.05) is 13.2 Å². The van der Waals surface area contributed by atoms with Crippen LogP contribution in [-0.2, 0) is 0 Å². The fourth-order valence-corrected chi connectivity index (χ4v) is 2.44. The van der Waals surface area contributed by atoms with Gasteiger partial charge in [-0.05, 0) is 30.9 Å². The van der Waals surface area contributed by atoms with Crippen LogP contribution in [0.2, 0.25) is 0 Å². The average molecular weight is 309 g/mol. The first-order valence-electron chi connectivity index (χ1n) is 6.81. The van der Waals surface area contributed by atoms with Gasteiger partial charge < -0.3 is 10.4 Å². The molecule has 1 amide bonds. The number of hydrogen-bond donors (Lipinski definition) is 2. The predicted octanol–water partition coefficient (Wildman–Crippen LogP) is 2.43. The van der Waals surface area contributed by atoms with Gasteiger partial charge in [-0.2, -0.15) is 11.8 Å². The van der Waals surface area contributed by atoms with Crippen molar-refractivity contribution in [2.45, 2.75) is 25.8 Å². The number of aliphatic hydroxyl groups is 1. The Labute approximate surface area is 129 Å². The number of hydrogen-bond acceptors (Lipinski definition) is 3. The van der Waals surface area contributed by atoms with Gasteiger partial charge in [0.1, 0.15) is 5.82 Å². The molecule has 0 aromatic heterocycles. The molecule has 0 heterocycles. The molecule has 0 spiro atoms. The third-order valence-corrected chi connectivity index (χ3v) is 3.61. The quantitative estimate of drug-likeness (QED) is 0.794. The lowest BCUT2D eigenvalue weighted by Gasteiger charge is -2.16. The summed E-state index contributed by atoms with van der Waals surface area (Å²) in [6, 6.07) is 4.24. The van der Waals surface area contributed by atoms with Gasteiger partial charge in [-0.3, -0.25) is 4.79 Å². The highest BCUT2D eigenvalue weighted by atomic mass is 32.2. The van der Waals surface area contributed by atoms with E-state index in [0.29, 0.717) is 12.0 Å². The van der Waals surface area contributed by atoms with Crippen molar-refractivity contribution in [3.8, 4) is 11.8 Å². The number of carbonyl (C=O) groups is 1. The minimum absolute atomic E-state index is 0.00496. The summed E-state index contributed by atoms with van der Waals surface area (Å²) < 4.78 is 13.8. The molecule has 1 atom stereocenters. The summed E-state index contributed by atoms with van der Waals surface area (Å²) in [5.41, 5.74) is 0.568. The van der Waals surface area contributed by atoms with E-state index in [4.69, 9.17) is 5.11 Å². The van der Waals surface area contributed by atoms with E-state index in [1.165, 1.54) is 18.2 Å². The average Bonchev–Trinajstić information content (AvgIpc) is 2.48. The molecule has 0 saturated carbocycles. The summed E-state index contributed by atoms with van der Waals surface area (Å²) in [5, 5.41) is 11.5. The Hall–Kier alpha value is -1.51. The molecule has 1 aromatic carbocycles. The second-order valence-corrected chi connectivity index (χ2v) is 5.41. The second kappa shape index (κ2) is 9.43. The molecule has 1 unspecified atom stereocenters. The van der Waals surface area contributed by atoms with Crippen LogP contribution in [0.25, 0.3) is 0 Å². The van der Waals surface area contributed by atoms with Crippen LogP contribution in [0, 0.1) is 17.7 Å². The smallest absolute Gasteiger partial charge is 0.254 e. The maximum Gasteiger partial charge on any atom is 0.254 e. The molecule has 2 N–H and O–H groups in total. The van der Waals surface area contributed by atoms with Crippen LogP contribution in [0.3, 0.4) is 0 Å². The highest BCUT2D eigenvalue weighted by Crippen LogP contribution is 2.11. The first-order chi connectivity index (χ1) is 10.1. The normalized spacial score (nSPS) is 11.4. The standard InChI is InChI=1S/C16H20FNO2S/c1-3-13(11-21-2)18-16(20)14-10-12(6-4-5-9-19)7-8-15(14)17/h7-8,10,13,19H,3,5,9,11H2,1-2H3,(H,18,20). The van der Waals surface area contributed by atoms with Crippen molar-refractivity contribution in [2.75, 3.05) is 18.6 Å². The molecular formula is C16H20FNO2S. The number of nitrogens with one attached hydrogen (secondary N) is 1. The van der Waals surface area contributed by atoms with Crippen LogP contribution in [0.4, 0.5) is 4.39 Å². The van der Waals surface area contributed by atoms with E-state index < -0.39 is 11.7 Å². The van der Waals surface area contributed by atoms with Crippen LogP contribution in [-0.4, -0.2) is 35.7 Å². The topological polar surface area (TPSA) is 49.3 Å². The van der Waals surface area contributed by atoms with Gasteiger partial charge in [-0.15, -0.1) is 0 Å². The Morgan fingerprint density at radius 3 is 2.90 bits per heavy atom. The summed E-state index contributed by atoms with van der Waals surface area (Å²) in [4.78, 5) is 12.1. The molecule has 0 aliphatic carbocycles. The second-order valence-electron chi connectivity index (χ2n) is 4.50. The van der Waals surface area contributed by atoms with Gasteiger partial charge in [0, 0.05) is 23.8 Å². The van der Waals surface area contributed by atoms with Gasteiger partial charge in [-0.1, -0.05) is 18.8 Å². The number of rotatable bonds is 6. The van der Waals surface area contributed by atoms with Crippen molar-refractivity contribution in [1.82, 2.24) is 5.32 Å². The molecule has 5 heteroatoms. The van der Waals surface area contributed by atoms with E-state index in [0.717, 1.165) is 12.2 Å². The summed E-state index contributed by atoms with van der Waals surface area (Å²) in [7, 11) is 0. The summed E-state index contributed by atoms with van der Waals surface area (Å²) in [5.74, 6) is 5.37. The Morgan fingerprint density at radius 2 is 2.29 bits per heavy atom. The Kier molecular flexibility index (Phi) is 7.88. The molecule has 3 nitrogen and oxygen atoms in total. The summed E-state index contributed by atoms with van der Waals surface area (Å²) >= 11 is 1.64. The van der Waals surface area contributed by atoms with Crippen LogP contribution < -0.4 is 5.32 Å². The lowest BCUT2D eigenvalue weighted by Crippen LogP contribution is -2.36. The van der Waals surface area contributed by atoms with E-state index in [2.05, 4.69) is 17.2 Å². The zero-order chi connectivity index (χ0) is 15.7. The van der Waals surface area contributed by atoms with Crippen LogP contribution in [0.5, 0.6) is 0 Å². The third kappa shape index (κ3) is 5.78. The van der Waals surface area contributed by atoms with Crippen LogP contribution in [0.1, 0.15) is 35.7 Å². The van der Waals surface area contributed by atoms with E-state index in [1.54, 1.807) is 11.8 Å². The van der Waals surface area contributed by atoms with Gasteiger partial charge in [-0.25, -0.2) is 4.39 Å². The van der Waals surface area contributed by atoms with Crippen molar-refractivity contribution in [3.05, 3.63) is 35.1 Å². The molecule has 0 bridgehead atoms. The van der Waals surface area contributed by atoms with Gasteiger partial charge in [0.15, 0.2) is 0 Å². The number of halogens is 1. The highest BCUT2D eigenvalue weighted by Gasteiger charge is 2.15. The van der Waals surface area contributed by atoms with Crippen molar-refractivity contribution in [1.29, 1.82) is 0 Å². The molecule has 0 aliphatic rings. The number of aliphatic hydroxyl groups excluding tert-OH is 1. The van der Waals surface area contributed by atoms with Crippen molar-refractivity contribution in [3.63, 3.8) is 0 Å². The van der Waals surface area contributed by atoms with E-state index >= 15 is 0 Å². The molecule has 0 fully saturated rings. The lowest BCUT2D eigenvalue weighted by molar-refractivity contribution is 0.0936.